The van der Waals surface area contributed by atoms with E-state index < -0.39 is 23.6 Å². The topological polar surface area (TPSA) is 46.9 Å². The summed E-state index contributed by atoms with van der Waals surface area (Å²) in [4.78, 5) is 12.5. The van der Waals surface area contributed by atoms with Gasteiger partial charge in [-0.2, -0.15) is 18.3 Å². The van der Waals surface area contributed by atoms with Gasteiger partial charge in [-0.15, -0.1) is 0 Å². The Hall–Kier alpha value is -3.16. The monoisotopic (exact) mass is 363 g/mol. The summed E-state index contributed by atoms with van der Waals surface area (Å²) in [5, 5.41) is 5.77. The zero-order valence-corrected chi connectivity index (χ0v) is 13.5. The van der Waals surface area contributed by atoms with Gasteiger partial charge in [0.05, 0.1) is 11.4 Å². The van der Waals surface area contributed by atoms with Gasteiger partial charge >= 0.3 is 6.18 Å². The van der Waals surface area contributed by atoms with Crippen molar-refractivity contribution in [2.24, 2.45) is 0 Å². The molecule has 3 rings (SSSR count). The van der Waals surface area contributed by atoms with Gasteiger partial charge in [-0.3, -0.25) is 4.79 Å². The normalized spacial score (nSPS) is 11.4. The molecule has 0 aliphatic heterocycles. The molecule has 1 heterocycles. The second kappa shape index (κ2) is 6.62. The number of carbonyl (C=O) groups excluding carboxylic acids is 1. The summed E-state index contributed by atoms with van der Waals surface area (Å²) < 4.78 is 53.9. The van der Waals surface area contributed by atoms with Gasteiger partial charge in [0.1, 0.15) is 11.5 Å². The number of amides is 1. The molecule has 3 aromatic rings. The minimum Gasteiger partial charge on any atom is -0.318 e. The molecule has 26 heavy (non-hydrogen) atoms. The third-order valence-corrected chi connectivity index (χ3v) is 3.61. The number of hydrogen-bond donors (Lipinski definition) is 1. The lowest BCUT2D eigenvalue weighted by molar-refractivity contribution is -0.141. The SMILES string of the molecule is Cc1ccc(NC(=O)c2cc(C(F)(F)F)nn2-c2ccccc2)c(F)c1. The van der Waals surface area contributed by atoms with Crippen LogP contribution in [0, 0.1) is 12.7 Å². The van der Waals surface area contributed by atoms with E-state index in [4.69, 9.17) is 0 Å². The first kappa shape index (κ1) is 17.7. The Morgan fingerprint density at radius 3 is 2.38 bits per heavy atom. The van der Waals surface area contributed by atoms with Crippen molar-refractivity contribution in [2.75, 3.05) is 5.32 Å². The second-order valence-electron chi connectivity index (χ2n) is 5.60. The molecule has 1 aromatic heterocycles. The summed E-state index contributed by atoms with van der Waals surface area (Å²) in [6.07, 6.45) is -4.72. The fourth-order valence-corrected chi connectivity index (χ4v) is 2.36. The average molecular weight is 363 g/mol. The van der Waals surface area contributed by atoms with E-state index in [1.807, 2.05) is 0 Å². The summed E-state index contributed by atoms with van der Waals surface area (Å²) >= 11 is 0. The van der Waals surface area contributed by atoms with Crippen LogP contribution in [0.3, 0.4) is 0 Å². The summed E-state index contributed by atoms with van der Waals surface area (Å²) in [5.74, 6) is -1.58. The third-order valence-electron chi connectivity index (χ3n) is 3.61. The highest BCUT2D eigenvalue weighted by molar-refractivity contribution is 6.03. The highest BCUT2D eigenvalue weighted by Crippen LogP contribution is 2.30. The molecule has 1 amide bonds. The van der Waals surface area contributed by atoms with Crippen molar-refractivity contribution in [1.82, 2.24) is 9.78 Å². The van der Waals surface area contributed by atoms with E-state index >= 15 is 0 Å². The molecule has 0 unspecified atom stereocenters. The number of para-hydroxylation sites is 1. The molecule has 0 fully saturated rings. The van der Waals surface area contributed by atoms with Crippen molar-refractivity contribution in [2.45, 2.75) is 13.1 Å². The van der Waals surface area contributed by atoms with Crippen LogP contribution in [-0.2, 0) is 6.18 Å². The molecule has 2 aromatic carbocycles. The molecule has 1 N–H and O–H groups in total. The van der Waals surface area contributed by atoms with E-state index in [1.165, 1.54) is 24.3 Å². The number of nitrogens with zero attached hydrogens (tertiary/aromatic N) is 2. The van der Waals surface area contributed by atoms with Gasteiger partial charge in [0.2, 0.25) is 0 Å². The molecule has 0 saturated heterocycles. The molecule has 0 saturated carbocycles. The Morgan fingerprint density at radius 1 is 1.08 bits per heavy atom. The van der Waals surface area contributed by atoms with Crippen molar-refractivity contribution >= 4 is 11.6 Å². The number of aromatic nitrogens is 2. The lowest BCUT2D eigenvalue weighted by Crippen LogP contribution is -2.17. The molecule has 134 valence electrons. The molecule has 8 heteroatoms. The zero-order valence-electron chi connectivity index (χ0n) is 13.5. The summed E-state index contributed by atoms with van der Waals surface area (Å²) in [7, 11) is 0. The number of carbonyl (C=O) groups is 1. The van der Waals surface area contributed by atoms with Crippen LogP contribution < -0.4 is 5.32 Å². The second-order valence-corrected chi connectivity index (χ2v) is 5.60. The van der Waals surface area contributed by atoms with Crippen LogP contribution in [0.1, 0.15) is 21.7 Å². The van der Waals surface area contributed by atoms with Crippen molar-refractivity contribution in [3.8, 4) is 5.69 Å². The minimum atomic E-state index is -4.72. The highest BCUT2D eigenvalue weighted by atomic mass is 19.4. The van der Waals surface area contributed by atoms with Crippen LogP contribution >= 0.6 is 0 Å². The first-order valence-corrected chi connectivity index (χ1v) is 7.56. The van der Waals surface area contributed by atoms with E-state index in [1.54, 1.807) is 31.2 Å². The van der Waals surface area contributed by atoms with Gasteiger partial charge in [-0.25, -0.2) is 9.07 Å². The maximum Gasteiger partial charge on any atom is 0.435 e. The molecule has 0 bridgehead atoms. The number of aryl methyl sites for hydroxylation is 1. The Kier molecular flexibility index (Phi) is 4.50. The number of anilines is 1. The van der Waals surface area contributed by atoms with Crippen LogP contribution in [0.15, 0.2) is 54.6 Å². The standard InChI is InChI=1S/C18H13F4N3O/c1-11-7-8-14(13(19)9-11)23-17(26)15-10-16(18(20,21)22)24-25(15)12-5-3-2-4-6-12/h2-10H,1H3,(H,23,26). The molecule has 0 radical (unpaired) electrons. The Balaban J connectivity index is 2.02. The van der Waals surface area contributed by atoms with E-state index in [2.05, 4.69) is 10.4 Å². The molecule has 0 aliphatic carbocycles. The van der Waals surface area contributed by atoms with Gasteiger partial charge in [0.15, 0.2) is 5.69 Å². The molecular weight excluding hydrogens is 350 g/mol. The van der Waals surface area contributed by atoms with Crippen LogP contribution in [0.5, 0.6) is 0 Å². The van der Waals surface area contributed by atoms with Crippen LogP contribution in [0.4, 0.5) is 23.2 Å². The number of rotatable bonds is 3. The van der Waals surface area contributed by atoms with Gasteiger partial charge in [-0.05, 0) is 36.8 Å². The predicted molar refractivity (Wildman–Crippen MR) is 87.7 cm³/mol. The first-order valence-electron chi connectivity index (χ1n) is 7.56. The number of hydrogen-bond acceptors (Lipinski definition) is 2. The van der Waals surface area contributed by atoms with Gasteiger partial charge in [0.25, 0.3) is 5.91 Å². The van der Waals surface area contributed by atoms with Crippen LogP contribution in [-0.4, -0.2) is 15.7 Å². The van der Waals surface area contributed by atoms with Gasteiger partial charge in [0, 0.05) is 6.07 Å². The summed E-state index contributed by atoms with van der Waals surface area (Å²) in [6.45, 7) is 1.68. The maximum absolute atomic E-state index is 13.9. The lowest BCUT2D eigenvalue weighted by Gasteiger charge is -2.09. The highest BCUT2D eigenvalue weighted by Gasteiger charge is 2.36. The van der Waals surface area contributed by atoms with E-state index in [9.17, 15) is 22.4 Å². The van der Waals surface area contributed by atoms with Crippen LogP contribution in [0.2, 0.25) is 0 Å². The first-order chi connectivity index (χ1) is 12.3. The Labute approximate surface area is 146 Å². The Morgan fingerprint density at radius 2 is 1.77 bits per heavy atom. The predicted octanol–water partition coefficient (Wildman–Crippen LogP) is 4.59. The van der Waals surface area contributed by atoms with E-state index in [0.717, 1.165) is 4.68 Å². The number of halogens is 4. The van der Waals surface area contributed by atoms with Crippen molar-refractivity contribution in [3.05, 3.63) is 77.4 Å². The smallest absolute Gasteiger partial charge is 0.318 e. The van der Waals surface area contributed by atoms with Crippen LogP contribution in [0.25, 0.3) is 5.69 Å². The molecular formula is C18H13F4N3O. The van der Waals surface area contributed by atoms with Crippen molar-refractivity contribution in [3.63, 3.8) is 0 Å². The summed E-state index contributed by atoms with van der Waals surface area (Å²) in [5.41, 5.74) is -0.777. The fourth-order valence-electron chi connectivity index (χ4n) is 2.36. The largest absolute Gasteiger partial charge is 0.435 e. The van der Waals surface area contributed by atoms with E-state index in [0.29, 0.717) is 11.6 Å². The Bertz CT molecular complexity index is 949. The van der Waals surface area contributed by atoms with Gasteiger partial charge < -0.3 is 5.32 Å². The zero-order chi connectivity index (χ0) is 18.9. The molecule has 0 spiro atoms. The third kappa shape index (κ3) is 3.58. The van der Waals surface area contributed by atoms with Crippen molar-refractivity contribution in [1.29, 1.82) is 0 Å². The maximum atomic E-state index is 13.9. The average Bonchev–Trinajstić information content (AvgIpc) is 3.04. The van der Waals surface area contributed by atoms with Gasteiger partial charge in [-0.1, -0.05) is 24.3 Å². The number of nitrogens with one attached hydrogen (secondary N) is 1. The fraction of sp³-hybridized carbons (Fsp3) is 0.111. The minimum absolute atomic E-state index is 0.130. The van der Waals surface area contributed by atoms with E-state index in [-0.39, 0.29) is 17.1 Å². The molecule has 0 atom stereocenters. The molecule has 4 nitrogen and oxygen atoms in total. The number of benzene rings is 2. The van der Waals surface area contributed by atoms with Crippen molar-refractivity contribution < 1.29 is 22.4 Å². The molecule has 0 aliphatic rings. The summed E-state index contributed by atoms with van der Waals surface area (Å²) in [6, 6.07) is 12.7. The quantitative estimate of drug-likeness (QED) is 0.692. The number of alkyl halides is 3. The lowest BCUT2D eigenvalue weighted by atomic mass is 10.2.